The van der Waals surface area contributed by atoms with E-state index >= 15 is 0 Å². The second-order valence-electron chi connectivity index (χ2n) is 6.22. The largest absolute Gasteiger partial charge is 0.481 e. The third-order valence-electron chi connectivity index (χ3n) is 4.29. The zero-order chi connectivity index (χ0) is 19.2. The minimum absolute atomic E-state index is 0.0360. The molecule has 2 rings (SSSR count). The van der Waals surface area contributed by atoms with Crippen molar-refractivity contribution in [1.82, 2.24) is 9.62 Å². The first-order valence-corrected chi connectivity index (χ1v) is 10.4. The summed E-state index contributed by atoms with van der Waals surface area (Å²) in [6.07, 6.45) is 2.66. The average molecular weight is 403 g/mol. The van der Waals surface area contributed by atoms with Crippen molar-refractivity contribution in [1.29, 1.82) is 0 Å². The predicted octanol–water partition coefficient (Wildman–Crippen LogP) is 2.25. The van der Waals surface area contributed by atoms with Gasteiger partial charge < -0.3 is 10.4 Å². The van der Waals surface area contributed by atoms with Crippen LogP contribution >= 0.6 is 11.6 Å². The highest BCUT2D eigenvalue weighted by Crippen LogP contribution is 2.24. The fourth-order valence-electron chi connectivity index (χ4n) is 2.93. The molecule has 1 amide bonds. The van der Waals surface area contributed by atoms with Gasteiger partial charge in [-0.2, -0.15) is 4.31 Å². The second-order valence-corrected chi connectivity index (χ2v) is 8.55. The first-order chi connectivity index (χ1) is 12.3. The molecular weight excluding hydrogens is 380 g/mol. The molecule has 0 aromatic heterocycles. The van der Waals surface area contributed by atoms with E-state index in [0.29, 0.717) is 30.8 Å². The van der Waals surface area contributed by atoms with Crippen molar-refractivity contribution >= 4 is 33.5 Å². The Hall–Kier alpha value is -1.64. The number of carbonyl (C=O) groups excluding carboxylic acids is 1. The number of nitrogens with one attached hydrogen (secondary N) is 1. The monoisotopic (exact) mass is 402 g/mol. The summed E-state index contributed by atoms with van der Waals surface area (Å²) in [6.45, 7) is 0.625. The van der Waals surface area contributed by atoms with E-state index in [1.807, 2.05) is 0 Å². The molecule has 144 valence electrons. The van der Waals surface area contributed by atoms with Crippen LogP contribution in [0.25, 0.3) is 0 Å². The number of hydrogen-bond acceptors (Lipinski definition) is 4. The summed E-state index contributed by atoms with van der Waals surface area (Å²) >= 11 is 5.84. The Bertz CT molecular complexity index is 736. The molecule has 2 N–H and O–H groups in total. The van der Waals surface area contributed by atoms with E-state index in [9.17, 15) is 18.0 Å². The van der Waals surface area contributed by atoms with E-state index in [4.69, 9.17) is 16.7 Å². The standard InChI is InChI=1S/C17H23ClN2O5S/c18-13-7-9-14(10-8-13)26(24,25)20(12-4-2-6-16(21)22)15-5-1-3-11-19-17(15)23/h7-10,15H,1-6,11-12H2,(H,19,23)(H,21,22). The van der Waals surface area contributed by atoms with Gasteiger partial charge in [-0.1, -0.05) is 11.6 Å². The Morgan fingerprint density at radius 2 is 1.92 bits per heavy atom. The molecule has 0 radical (unpaired) electrons. The second kappa shape index (κ2) is 9.34. The summed E-state index contributed by atoms with van der Waals surface area (Å²) in [5.74, 6) is -1.23. The van der Waals surface area contributed by atoms with Gasteiger partial charge in [0.25, 0.3) is 0 Å². The zero-order valence-corrected chi connectivity index (χ0v) is 15.9. The first kappa shape index (κ1) is 20.7. The zero-order valence-electron chi connectivity index (χ0n) is 14.4. The van der Waals surface area contributed by atoms with Gasteiger partial charge in [0.2, 0.25) is 15.9 Å². The number of benzene rings is 1. The molecule has 0 aliphatic carbocycles. The number of aliphatic carboxylic acids is 1. The third kappa shape index (κ3) is 5.43. The fourth-order valence-corrected chi connectivity index (χ4v) is 4.71. The maximum absolute atomic E-state index is 13.1. The van der Waals surface area contributed by atoms with Gasteiger partial charge in [-0.3, -0.25) is 9.59 Å². The molecule has 1 atom stereocenters. The molecule has 1 saturated heterocycles. The summed E-state index contributed by atoms with van der Waals surface area (Å²) in [5.41, 5.74) is 0. The molecule has 1 heterocycles. The van der Waals surface area contributed by atoms with Crippen LogP contribution < -0.4 is 5.32 Å². The molecule has 1 aromatic rings. The summed E-state index contributed by atoms with van der Waals surface area (Å²) in [5, 5.41) is 11.9. The number of nitrogens with zero attached hydrogens (tertiary/aromatic N) is 1. The first-order valence-electron chi connectivity index (χ1n) is 8.59. The van der Waals surface area contributed by atoms with Crippen LogP contribution in [-0.4, -0.2) is 48.8 Å². The van der Waals surface area contributed by atoms with Gasteiger partial charge in [-0.05, 0) is 56.4 Å². The lowest BCUT2D eigenvalue weighted by Gasteiger charge is -2.29. The molecule has 1 unspecified atom stereocenters. The van der Waals surface area contributed by atoms with Crippen LogP contribution in [0, 0.1) is 0 Å². The number of carboxylic acids is 1. The van der Waals surface area contributed by atoms with Crippen LogP contribution in [0.15, 0.2) is 29.2 Å². The highest BCUT2D eigenvalue weighted by atomic mass is 35.5. The van der Waals surface area contributed by atoms with Gasteiger partial charge in [0.1, 0.15) is 6.04 Å². The molecule has 1 aromatic carbocycles. The lowest BCUT2D eigenvalue weighted by molar-refractivity contribution is -0.137. The van der Waals surface area contributed by atoms with E-state index in [0.717, 1.165) is 12.8 Å². The van der Waals surface area contributed by atoms with Crippen molar-refractivity contribution in [2.24, 2.45) is 0 Å². The van der Waals surface area contributed by atoms with Crippen LogP contribution in [0.3, 0.4) is 0 Å². The summed E-state index contributed by atoms with van der Waals surface area (Å²) < 4.78 is 27.4. The Balaban J connectivity index is 2.27. The number of carbonyl (C=O) groups is 2. The van der Waals surface area contributed by atoms with E-state index in [1.54, 1.807) is 0 Å². The smallest absolute Gasteiger partial charge is 0.303 e. The van der Waals surface area contributed by atoms with Gasteiger partial charge >= 0.3 is 5.97 Å². The number of sulfonamides is 1. The molecular formula is C17H23ClN2O5S. The van der Waals surface area contributed by atoms with Crippen LogP contribution in [0.4, 0.5) is 0 Å². The van der Waals surface area contributed by atoms with Crippen LogP contribution in [0.5, 0.6) is 0 Å². The lowest BCUT2D eigenvalue weighted by atomic mass is 10.1. The van der Waals surface area contributed by atoms with E-state index in [-0.39, 0.29) is 23.8 Å². The minimum atomic E-state index is -3.90. The SMILES string of the molecule is O=C(O)CCCCN(C1CCCCNC1=O)S(=O)(=O)c1ccc(Cl)cc1. The van der Waals surface area contributed by atoms with Crippen molar-refractivity contribution in [3.63, 3.8) is 0 Å². The number of rotatable bonds is 8. The highest BCUT2D eigenvalue weighted by Gasteiger charge is 2.36. The van der Waals surface area contributed by atoms with Gasteiger partial charge in [-0.25, -0.2) is 8.42 Å². The Morgan fingerprint density at radius 3 is 2.58 bits per heavy atom. The molecule has 1 fully saturated rings. The van der Waals surface area contributed by atoms with Crippen LogP contribution in [0.1, 0.15) is 38.5 Å². The fraction of sp³-hybridized carbons (Fsp3) is 0.529. The normalized spacial score (nSPS) is 18.4. The molecule has 0 saturated carbocycles. The van der Waals surface area contributed by atoms with Gasteiger partial charge in [-0.15, -0.1) is 0 Å². The Morgan fingerprint density at radius 1 is 1.23 bits per heavy atom. The molecule has 0 bridgehead atoms. The third-order valence-corrected chi connectivity index (χ3v) is 6.47. The van der Waals surface area contributed by atoms with Crippen molar-refractivity contribution in [2.75, 3.05) is 13.1 Å². The quantitative estimate of drug-likeness (QED) is 0.649. The Labute approximate surface area is 158 Å². The predicted molar refractivity (Wildman–Crippen MR) is 97.5 cm³/mol. The van der Waals surface area contributed by atoms with Gasteiger partial charge in [0.05, 0.1) is 4.90 Å². The van der Waals surface area contributed by atoms with Crippen molar-refractivity contribution in [3.8, 4) is 0 Å². The Kier molecular flexibility index (Phi) is 7.43. The summed E-state index contributed by atoms with van der Waals surface area (Å²) in [7, 11) is -3.90. The number of carboxylic acid groups (broad SMARTS) is 1. The van der Waals surface area contributed by atoms with Crippen molar-refractivity contribution < 1.29 is 23.1 Å². The summed E-state index contributed by atoms with van der Waals surface area (Å²) in [4.78, 5) is 23.1. The number of halogens is 1. The van der Waals surface area contributed by atoms with Crippen molar-refractivity contribution in [3.05, 3.63) is 29.3 Å². The number of amides is 1. The topological polar surface area (TPSA) is 104 Å². The van der Waals surface area contributed by atoms with Gasteiger partial charge in [0.15, 0.2) is 0 Å². The molecule has 1 aliphatic rings. The minimum Gasteiger partial charge on any atom is -0.481 e. The maximum Gasteiger partial charge on any atom is 0.303 e. The molecule has 9 heteroatoms. The lowest BCUT2D eigenvalue weighted by Crippen LogP contribution is -2.49. The molecule has 7 nitrogen and oxygen atoms in total. The van der Waals surface area contributed by atoms with E-state index < -0.39 is 22.0 Å². The van der Waals surface area contributed by atoms with Crippen LogP contribution in [0.2, 0.25) is 5.02 Å². The van der Waals surface area contributed by atoms with E-state index in [2.05, 4.69) is 5.32 Å². The highest BCUT2D eigenvalue weighted by molar-refractivity contribution is 7.89. The summed E-state index contributed by atoms with van der Waals surface area (Å²) in [6, 6.07) is 5.02. The number of hydrogen-bond donors (Lipinski definition) is 2. The van der Waals surface area contributed by atoms with Crippen LogP contribution in [-0.2, 0) is 19.6 Å². The van der Waals surface area contributed by atoms with E-state index in [1.165, 1.54) is 28.6 Å². The molecule has 0 spiro atoms. The van der Waals surface area contributed by atoms with Gasteiger partial charge in [0, 0.05) is 24.5 Å². The van der Waals surface area contributed by atoms with Crippen molar-refractivity contribution in [2.45, 2.75) is 49.5 Å². The maximum atomic E-state index is 13.1. The molecule has 1 aliphatic heterocycles. The molecule has 26 heavy (non-hydrogen) atoms. The number of unbranched alkanes of at least 4 members (excludes halogenated alkanes) is 1. The average Bonchev–Trinajstić information content (AvgIpc) is 2.79.